The second kappa shape index (κ2) is 5.84. The molecule has 0 aliphatic carbocycles. The van der Waals surface area contributed by atoms with Crippen LogP contribution in [0.3, 0.4) is 0 Å². The molecule has 0 amide bonds. The summed E-state index contributed by atoms with van der Waals surface area (Å²) < 4.78 is 13.0. The molecule has 0 aliphatic heterocycles. The molecule has 1 N–H and O–H groups in total. The van der Waals surface area contributed by atoms with Gasteiger partial charge in [-0.2, -0.15) is 0 Å². The van der Waals surface area contributed by atoms with Gasteiger partial charge in [0.25, 0.3) is 0 Å². The first-order chi connectivity index (χ1) is 10.1. The highest BCUT2D eigenvalue weighted by atomic mass is 35.5. The van der Waals surface area contributed by atoms with E-state index in [2.05, 4.69) is 0 Å². The Morgan fingerprint density at radius 2 is 1.71 bits per heavy atom. The molecule has 0 radical (unpaired) electrons. The van der Waals surface area contributed by atoms with Crippen molar-refractivity contribution in [2.45, 2.75) is 12.5 Å². The molecule has 3 heteroatoms. The highest BCUT2D eigenvalue weighted by Gasteiger charge is 2.12. The van der Waals surface area contributed by atoms with Crippen molar-refractivity contribution in [3.8, 4) is 0 Å². The molecule has 1 atom stereocenters. The van der Waals surface area contributed by atoms with Crippen LogP contribution in [0, 0.1) is 5.82 Å². The van der Waals surface area contributed by atoms with Crippen LogP contribution >= 0.6 is 11.6 Å². The van der Waals surface area contributed by atoms with E-state index >= 15 is 0 Å². The molecule has 1 unspecified atom stereocenters. The van der Waals surface area contributed by atoms with Crippen LogP contribution in [-0.4, -0.2) is 5.11 Å². The first kappa shape index (κ1) is 14.1. The van der Waals surface area contributed by atoms with Gasteiger partial charge in [-0.3, -0.25) is 0 Å². The number of hydrogen-bond donors (Lipinski definition) is 1. The molecule has 21 heavy (non-hydrogen) atoms. The first-order valence-electron chi connectivity index (χ1n) is 6.74. The zero-order chi connectivity index (χ0) is 14.8. The number of benzene rings is 3. The third kappa shape index (κ3) is 3.07. The fourth-order valence-electron chi connectivity index (χ4n) is 2.43. The maximum atomic E-state index is 13.0. The summed E-state index contributed by atoms with van der Waals surface area (Å²) in [5.74, 6) is -0.371. The number of rotatable bonds is 3. The SMILES string of the molecule is OC(Cc1ccc(F)cc1Cl)c1ccc2ccccc2c1. The second-order valence-corrected chi connectivity index (χ2v) is 5.47. The Balaban J connectivity index is 1.87. The van der Waals surface area contributed by atoms with Crippen LogP contribution in [0.1, 0.15) is 17.2 Å². The van der Waals surface area contributed by atoms with Crippen molar-refractivity contribution in [1.82, 2.24) is 0 Å². The van der Waals surface area contributed by atoms with Crippen molar-refractivity contribution in [2.75, 3.05) is 0 Å². The Morgan fingerprint density at radius 3 is 2.48 bits per heavy atom. The second-order valence-electron chi connectivity index (χ2n) is 5.06. The average Bonchev–Trinajstić information content (AvgIpc) is 2.49. The van der Waals surface area contributed by atoms with E-state index in [9.17, 15) is 9.50 Å². The largest absolute Gasteiger partial charge is 0.388 e. The monoisotopic (exact) mass is 300 g/mol. The maximum absolute atomic E-state index is 13.0. The van der Waals surface area contributed by atoms with E-state index in [0.29, 0.717) is 11.4 Å². The van der Waals surface area contributed by atoms with Gasteiger partial charge in [0.05, 0.1) is 6.10 Å². The highest BCUT2D eigenvalue weighted by molar-refractivity contribution is 6.31. The summed E-state index contributed by atoms with van der Waals surface area (Å²) in [4.78, 5) is 0. The highest BCUT2D eigenvalue weighted by Crippen LogP contribution is 2.26. The molecule has 0 saturated heterocycles. The van der Waals surface area contributed by atoms with Crippen molar-refractivity contribution in [2.24, 2.45) is 0 Å². The molecule has 0 spiro atoms. The molecule has 3 rings (SSSR count). The average molecular weight is 301 g/mol. The van der Waals surface area contributed by atoms with Gasteiger partial charge in [-0.25, -0.2) is 4.39 Å². The van der Waals surface area contributed by atoms with Crippen LogP contribution < -0.4 is 0 Å². The predicted octanol–water partition coefficient (Wildman–Crippen LogP) is 4.91. The first-order valence-corrected chi connectivity index (χ1v) is 7.12. The maximum Gasteiger partial charge on any atom is 0.124 e. The third-order valence-corrected chi connectivity index (χ3v) is 3.94. The minimum atomic E-state index is -0.669. The molecule has 0 fully saturated rings. The Labute approximate surface area is 127 Å². The lowest BCUT2D eigenvalue weighted by molar-refractivity contribution is 0.178. The fraction of sp³-hybridized carbons (Fsp3) is 0.111. The van der Waals surface area contributed by atoms with Gasteiger partial charge in [0.15, 0.2) is 0 Å². The molecule has 106 valence electrons. The number of aliphatic hydroxyl groups excluding tert-OH is 1. The number of fused-ring (bicyclic) bond motifs is 1. The van der Waals surface area contributed by atoms with Crippen molar-refractivity contribution in [3.05, 3.63) is 82.6 Å². The number of aliphatic hydroxyl groups is 1. The van der Waals surface area contributed by atoms with Crippen LogP contribution in [0.15, 0.2) is 60.7 Å². The van der Waals surface area contributed by atoms with Crippen LogP contribution in [0.25, 0.3) is 10.8 Å². The van der Waals surface area contributed by atoms with E-state index in [1.807, 2.05) is 42.5 Å². The van der Waals surface area contributed by atoms with Crippen molar-refractivity contribution >= 4 is 22.4 Å². The van der Waals surface area contributed by atoms with Gasteiger partial charge < -0.3 is 5.11 Å². The zero-order valence-corrected chi connectivity index (χ0v) is 12.0. The Hall–Kier alpha value is -1.90. The summed E-state index contributed by atoms with van der Waals surface area (Å²) in [5.41, 5.74) is 1.56. The van der Waals surface area contributed by atoms with Gasteiger partial charge in [0.1, 0.15) is 5.82 Å². The van der Waals surface area contributed by atoms with E-state index in [-0.39, 0.29) is 5.82 Å². The molecule has 3 aromatic rings. The van der Waals surface area contributed by atoms with Crippen LogP contribution in [0.5, 0.6) is 0 Å². The van der Waals surface area contributed by atoms with Crippen LogP contribution in [-0.2, 0) is 6.42 Å². The molecular formula is C18H14ClFO. The standard InChI is InChI=1S/C18H14ClFO/c19-17-11-16(20)8-7-14(17)10-18(21)15-6-5-12-3-1-2-4-13(12)9-15/h1-9,11,18,21H,10H2. The summed E-state index contributed by atoms with van der Waals surface area (Å²) >= 11 is 6.01. The van der Waals surface area contributed by atoms with E-state index < -0.39 is 6.10 Å². The number of halogens is 2. The number of hydrogen-bond acceptors (Lipinski definition) is 1. The van der Waals surface area contributed by atoms with E-state index in [4.69, 9.17) is 11.6 Å². The lowest BCUT2D eigenvalue weighted by atomic mass is 9.98. The molecule has 1 nitrogen and oxygen atoms in total. The van der Waals surface area contributed by atoms with Crippen LogP contribution in [0.2, 0.25) is 5.02 Å². The van der Waals surface area contributed by atoms with Gasteiger partial charge in [-0.05, 0) is 40.1 Å². The molecule has 0 saturated carbocycles. The minimum absolute atomic E-state index is 0.342. The van der Waals surface area contributed by atoms with E-state index in [1.54, 1.807) is 6.07 Å². The Bertz CT molecular complexity index is 785. The lowest BCUT2D eigenvalue weighted by Gasteiger charge is -2.13. The summed E-state index contributed by atoms with van der Waals surface area (Å²) in [6, 6.07) is 18.1. The molecule has 0 aromatic heterocycles. The van der Waals surface area contributed by atoms with Crippen molar-refractivity contribution in [3.63, 3.8) is 0 Å². The molecule has 0 bridgehead atoms. The van der Waals surface area contributed by atoms with Gasteiger partial charge in [-0.1, -0.05) is 54.1 Å². The summed E-state index contributed by atoms with van der Waals surface area (Å²) in [6.07, 6.45) is -0.310. The van der Waals surface area contributed by atoms with Crippen LogP contribution in [0.4, 0.5) is 4.39 Å². The van der Waals surface area contributed by atoms with Crippen molar-refractivity contribution < 1.29 is 9.50 Å². The predicted molar refractivity (Wildman–Crippen MR) is 84.0 cm³/mol. The van der Waals surface area contributed by atoms with E-state index in [0.717, 1.165) is 21.9 Å². The van der Waals surface area contributed by atoms with Gasteiger partial charge in [0, 0.05) is 11.4 Å². The third-order valence-electron chi connectivity index (χ3n) is 3.59. The van der Waals surface area contributed by atoms with Gasteiger partial charge in [0.2, 0.25) is 0 Å². The smallest absolute Gasteiger partial charge is 0.124 e. The van der Waals surface area contributed by atoms with Gasteiger partial charge >= 0.3 is 0 Å². The Kier molecular flexibility index (Phi) is 3.91. The summed E-state index contributed by atoms with van der Waals surface area (Å²) in [5, 5.41) is 12.9. The quantitative estimate of drug-likeness (QED) is 0.729. The minimum Gasteiger partial charge on any atom is -0.388 e. The normalized spacial score (nSPS) is 12.5. The zero-order valence-electron chi connectivity index (χ0n) is 11.3. The topological polar surface area (TPSA) is 20.2 Å². The molecule has 0 aliphatic rings. The van der Waals surface area contributed by atoms with E-state index in [1.165, 1.54) is 12.1 Å². The lowest BCUT2D eigenvalue weighted by Crippen LogP contribution is -2.02. The fourth-order valence-corrected chi connectivity index (χ4v) is 2.67. The van der Waals surface area contributed by atoms with Crippen molar-refractivity contribution in [1.29, 1.82) is 0 Å². The Morgan fingerprint density at radius 1 is 0.952 bits per heavy atom. The molecular weight excluding hydrogens is 287 g/mol. The molecule has 0 heterocycles. The van der Waals surface area contributed by atoms with Gasteiger partial charge in [-0.15, -0.1) is 0 Å². The summed E-state index contributed by atoms with van der Waals surface area (Å²) in [7, 11) is 0. The molecule has 3 aromatic carbocycles. The summed E-state index contributed by atoms with van der Waals surface area (Å²) in [6.45, 7) is 0.